The molecule has 0 saturated carbocycles. The van der Waals surface area contributed by atoms with E-state index in [2.05, 4.69) is 0 Å². The number of carboxylic acid groups (broad SMARTS) is 1. The summed E-state index contributed by atoms with van der Waals surface area (Å²) in [5.41, 5.74) is 0.772. The van der Waals surface area contributed by atoms with Gasteiger partial charge in [-0.25, -0.2) is 4.79 Å². The number of carboxylic acids is 1. The topological polar surface area (TPSA) is 92.9 Å². The van der Waals surface area contributed by atoms with Crippen molar-refractivity contribution in [2.24, 2.45) is 0 Å². The van der Waals surface area contributed by atoms with Gasteiger partial charge in [-0.1, -0.05) is 36.4 Å². The highest BCUT2D eigenvalue weighted by molar-refractivity contribution is 5.85. The van der Waals surface area contributed by atoms with Crippen LogP contribution in [0.3, 0.4) is 0 Å². The van der Waals surface area contributed by atoms with Crippen LogP contribution in [-0.4, -0.2) is 33.7 Å². The molecule has 7 nitrogen and oxygen atoms in total. The molecule has 27 heavy (non-hydrogen) atoms. The molecule has 0 amide bonds. The van der Waals surface area contributed by atoms with Gasteiger partial charge in [0.1, 0.15) is 6.23 Å². The Morgan fingerprint density at radius 2 is 1.89 bits per heavy atom. The van der Waals surface area contributed by atoms with Crippen LogP contribution >= 0.6 is 0 Å². The highest BCUT2D eigenvalue weighted by atomic mass is 16.6. The molecule has 1 N–H and O–H groups in total. The molecule has 7 heteroatoms. The van der Waals surface area contributed by atoms with Crippen molar-refractivity contribution in [3.05, 3.63) is 81.9 Å². The van der Waals surface area contributed by atoms with E-state index < -0.39 is 16.4 Å². The zero-order valence-corrected chi connectivity index (χ0v) is 14.4. The molecular formula is C20H18N2O5. The van der Waals surface area contributed by atoms with E-state index in [1.165, 1.54) is 12.1 Å². The zero-order chi connectivity index (χ0) is 19.0. The molecule has 0 radical (unpaired) electrons. The Bertz CT molecular complexity index is 910. The Morgan fingerprint density at radius 3 is 2.52 bits per heavy atom. The summed E-state index contributed by atoms with van der Waals surface area (Å²) in [4.78, 5) is 24.8. The highest BCUT2D eigenvalue weighted by Gasteiger charge is 2.56. The first kappa shape index (κ1) is 17.2. The van der Waals surface area contributed by atoms with Crippen molar-refractivity contribution < 1.29 is 19.6 Å². The summed E-state index contributed by atoms with van der Waals surface area (Å²) in [5, 5.41) is 21.1. The monoisotopic (exact) mass is 366 g/mol. The summed E-state index contributed by atoms with van der Waals surface area (Å²) >= 11 is 0. The molecule has 138 valence electrons. The van der Waals surface area contributed by atoms with E-state index in [0.29, 0.717) is 12.0 Å². The fraction of sp³-hybridized carbons (Fsp3) is 0.250. The second kappa shape index (κ2) is 6.51. The van der Waals surface area contributed by atoms with Gasteiger partial charge in [0, 0.05) is 17.8 Å². The number of rotatable bonds is 4. The number of nitrogens with zero attached hydrogens (tertiary/aromatic N) is 2. The molecule has 0 unspecified atom stereocenters. The summed E-state index contributed by atoms with van der Waals surface area (Å²) in [6, 6.07) is 15.2. The van der Waals surface area contributed by atoms with Crippen LogP contribution in [0.2, 0.25) is 0 Å². The maximum absolute atomic E-state index is 12.5. The minimum atomic E-state index is -1.33. The van der Waals surface area contributed by atoms with Gasteiger partial charge in [0.25, 0.3) is 5.69 Å². The molecule has 2 aromatic rings. The third-order valence-corrected chi connectivity index (χ3v) is 5.17. The van der Waals surface area contributed by atoms with Crippen LogP contribution in [0.1, 0.15) is 24.0 Å². The lowest BCUT2D eigenvalue weighted by molar-refractivity contribution is -0.384. The molecule has 0 aromatic heterocycles. The Labute approximate surface area is 155 Å². The number of nitro benzene ring substituents is 1. The predicted molar refractivity (Wildman–Crippen MR) is 97.6 cm³/mol. The van der Waals surface area contributed by atoms with Crippen molar-refractivity contribution in [3.8, 4) is 0 Å². The maximum atomic E-state index is 12.5. The van der Waals surface area contributed by atoms with Gasteiger partial charge in [-0.05, 0) is 36.1 Å². The maximum Gasteiger partial charge on any atom is 0.336 e. The van der Waals surface area contributed by atoms with E-state index in [0.717, 1.165) is 17.7 Å². The number of allylic oxidation sites excluding steroid dienone is 1. The number of hydrogen-bond donors (Lipinski definition) is 1. The van der Waals surface area contributed by atoms with E-state index in [4.69, 9.17) is 4.74 Å². The molecule has 0 aliphatic carbocycles. The minimum Gasteiger partial charge on any atom is -0.479 e. The third kappa shape index (κ3) is 2.67. The fourth-order valence-electron chi connectivity index (χ4n) is 3.88. The number of benzene rings is 2. The predicted octanol–water partition coefficient (Wildman–Crippen LogP) is 3.37. The largest absolute Gasteiger partial charge is 0.479 e. The summed E-state index contributed by atoms with van der Waals surface area (Å²) in [7, 11) is 0. The van der Waals surface area contributed by atoms with Crippen molar-refractivity contribution >= 4 is 17.4 Å². The second-order valence-electron chi connectivity index (χ2n) is 6.64. The summed E-state index contributed by atoms with van der Waals surface area (Å²) in [6.45, 7) is 0.0430. The Morgan fingerprint density at radius 1 is 1.19 bits per heavy atom. The Balaban J connectivity index is 1.82. The molecule has 1 fully saturated rings. The van der Waals surface area contributed by atoms with E-state index in [1.54, 1.807) is 24.3 Å². The number of fused-ring (bicyclic) bond motifs is 1. The summed E-state index contributed by atoms with van der Waals surface area (Å²) in [5.74, 6) is -0.981. The van der Waals surface area contributed by atoms with Gasteiger partial charge in [-0.15, -0.1) is 0 Å². The first-order chi connectivity index (χ1) is 13.0. The average Bonchev–Trinajstić information content (AvgIpc) is 3.10. The highest BCUT2D eigenvalue weighted by Crippen LogP contribution is 2.46. The van der Waals surface area contributed by atoms with Crippen LogP contribution < -0.4 is 0 Å². The number of non-ortho nitro benzene ring substituents is 1. The SMILES string of the molecule is O=C(O)[C@@]1(c2ccccc2)CO[C@@H]2CCC=C(c3ccc([N+](=O)[O-])cc3)N21. The molecule has 0 spiro atoms. The van der Waals surface area contributed by atoms with Crippen LogP contribution in [0.5, 0.6) is 0 Å². The number of hydrogen-bond acceptors (Lipinski definition) is 5. The van der Waals surface area contributed by atoms with Crippen LogP contribution in [0.15, 0.2) is 60.7 Å². The quantitative estimate of drug-likeness (QED) is 0.659. The van der Waals surface area contributed by atoms with E-state index >= 15 is 0 Å². The number of aliphatic carboxylic acids is 1. The normalized spacial score (nSPS) is 24.2. The molecule has 4 rings (SSSR count). The molecule has 2 aliphatic rings. The first-order valence-corrected chi connectivity index (χ1v) is 8.69. The zero-order valence-electron chi connectivity index (χ0n) is 14.4. The number of carbonyl (C=O) groups is 1. The smallest absolute Gasteiger partial charge is 0.336 e. The summed E-state index contributed by atoms with van der Waals surface area (Å²) in [6.07, 6.45) is 3.07. The molecule has 2 aliphatic heterocycles. The first-order valence-electron chi connectivity index (χ1n) is 8.69. The average molecular weight is 366 g/mol. The van der Waals surface area contributed by atoms with Gasteiger partial charge in [0.05, 0.1) is 11.5 Å². The second-order valence-corrected chi connectivity index (χ2v) is 6.64. The molecule has 2 heterocycles. The van der Waals surface area contributed by atoms with Crippen LogP contribution in [-0.2, 0) is 15.1 Å². The number of nitro groups is 1. The van der Waals surface area contributed by atoms with Crippen LogP contribution in [0.25, 0.3) is 5.70 Å². The Hall–Kier alpha value is -3.19. The van der Waals surface area contributed by atoms with Crippen molar-refractivity contribution in [2.75, 3.05) is 6.61 Å². The number of ether oxygens (including phenoxy) is 1. The van der Waals surface area contributed by atoms with E-state index in [-0.39, 0.29) is 18.5 Å². The van der Waals surface area contributed by atoms with Crippen LogP contribution in [0, 0.1) is 10.1 Å². The fourth-order valence-corrected chi connectivity index (χ4v) is 3.88. The van der Waals surface area contributed by atoms with Crippen LogP contribution in [0.4, 0.5) is 5.69 Å². The standard InChI is InChI=1S/C20H18N2O5/c23-19(24)20(15-5-2-1-3-6-15)13-27-18-8-4-7-17(21(18)20)14-9-11-16(12-10-14)22(25)26/h1-3,5-7,9-12,18H,4,8,13H2,(H,23,24)/t18-,20+/m1/s1. The molecule has 2 aromatic carbocycles. The molecule has 1 saturated heterocycles. The van der Waals surface area contributed by atoms with Gasteiger partial charge >= 0.3 is 5.97 Å². The van der Waals surface area contributed by atoms with Crippen molar-refractivity contribution in [2.45, 2.75) is 24.6 Å². The lowest BCUT2D eigenvalue weighted by Gasteiger charge is -2.41. The van der Waals surface area contributed by atoms with Crippen molar-refractivity contribution in [3.63, 3.8) is 0 Å². The van der Waals surface area contributed by atoms with Crippen molar-refractivity contribution in [1.29, 1.82) is 0 Å². The minimum absolute atomic E-state index is 0.00283. The lowest BCUT2D eigenvalue weighted by Crippen LogP contribution is -2.51. The lowest BCUT2D eigenvalue weighted by atomic mass is 9.87. The van der Waals surface area contributed by atoms with E-state index in [1.807, 2.05) is 29.2 Å². The van der Waals surface area contributed by atoms with Gasteiger partial charge in [-0.3, -0.25) is 10.1 Å². The summed E-state index contributed by atoms with van der Waals surface area (Å²) < 4.78 is 5.90. The van der Waals surface area contributed by atoms with Gasteiger partial charge in [-0.2, -0.15) is 0 Å². The van der Waals surface area contributed by atoms with Gasteiger partial charge in [0.2, 0.25) is 0 Å². The molecular weight excluding hydrogens is 348 g/mol. The molecule has 2 atom stereocenters. The van der Waals surface area contributed by atoms with Crippen molar-refractivity contribution in [1.82, 2.24) is 4.90 Å². The third-order valence-electron chi connectivity index (χ3n) is 5.17. The van der Waals surface area contributed by atoms with Gasteiger partial charge in [0.15, 0.2) is 5.54 Å². The Kier molecular flexibility index (Phi) is 4.16. The van der Waals surface area contributed by atoms with Gasteiger partial charge < -0.3 is 14.7 Å². The van der Waals surface area contributed by atoms with E-state index in [9.17, 15) is 20.0 Å². The molecule has 0 bridgehead atoms.